The van der Waals surface area contributed by atoms with Crippen LogP contribution in [0.15, 0.2) is 140 Å². The maximum absolute atomic E-state index is 14.2. The van der Waals surface area contributed by atoms with E-state index < -0.39 is 195 Å². The van der Waals surface area contributed by atoms with E-state index in [9.17, 15) is 115 Å². The van der Waals surface area contributed by atoms with Crippen LogP contribution < -0.4 is 26.4 Å². The van der Waals surface area contributed by atoms with Gasteiger partial charge in [-0.15, -0.1) is 0 Å². The van der Waals surface area contributed by atoms with Gasteiger partial charge in [0.25, 0.3) is 5.69 Å². The van der Waals surface area contributed by atoms with E-state index in [1.165, 1.54) is 5.56 Å². The molecule has 0 aliphatic heterocycles. The molecule has 0 saturated heterocycles. The number of aromatic nitrogens is 1. The van der Waals surface area contributed by atoms with Crippen molar-refractivity contribution in [2.75, 3.05) is 0 Å². The van der Waals surface area contributed by atoms with E-state index in [0.717, 1.165) is 17.4 Å². The lowest BCUT2D eigenvalue weighted by atomic mass is 9.12. The van der Waals surface area contributed by atoms with Gasteiger partial charge >= 0.3 is 49.4 Å². The lowest BCUT2D eigenvalue weighted by molar-refractivity contribution is -0.662. The van der Waals surface area contributed by atoms with Crippen LogP contribution in [0.25, 0.3) is 10.9 Å². The lowest BCUT2D eigenvalue weighted by Crippen LogP contribution is -2.75. The molecule has 1 heterocycles. The number of nitro groups is 1. The zero-order valence-corrected chi connectivity index (χ0v) is 37.3. The van der Waals surface area contributed by atoms with Gasteiger partial charge in [0.05, 0.1) is 54.8 Å². The highest BCUT2D eigenvalue weighted by molar-refractivity contribution is 7.20. The predicted octanol–water partition coefficient (Wildman–Crippen LogP) is 14.3. The number of hydrogen-bond donors (Lipinski definition) is 0. The third-order valence-electron chi connectivity index (χ3n) is 11.7. The Morgan fingerprint density at radius 3 is 0.909 bits per heavy atom. The second kappa shape index (κ2) is 20.1. The molecule has 410 valence electrons. The van der Waals surface area contributed by atoms with Crippen LogP contribution in [0.5, 0.6) is 0 Å². The summed E-state index contributed by atoms with van der Waals surface area (Å²) in [6.45, 7) is 0.746. The van der Waals surface area contributed by atoms with Crippen LogP contribution in [0, 0.1) is 10.1 Å². The molecule has 6 aromatic carbocycles. The van der Waals surface area contributed by atoms with E-state index in [2.05, 4.69) is 16.7 Å². The summed E-state index contributed by atoms with van der Waals surface area (Å²) in [6, 6.07) is 10.1. The first-order valence-corrected chi connectivity index (χ1v) is 21.0. The Labute approximate surface area is 414 Å². The van der Waals surface area contributed by atoms with Crippen molar-refractivity contribution < 1.29 is 115 Å². The predicted molar refractivity (Wildman–Crippen MR) is 226 cm³/mol. The number of nitrogens with zero attached hydrogens (tertiary/aromatic N) is 2. The van der Waals surface area contributed by atoms with Gasteiger partial charge in [-0.1, -0.05) is 78.9 Å². The van der Waals surface area contributed by atoms with Gasteiger partial charge in [0.2, 0.25) is 5.52 Å². The first kappa shape index (κ1) is 58.8. The van der Waals surface area contributed by atoms with Crippen molar-refractivity contribution in [3.05, 3.63) is 200 Å². The summed E-state index contributed by atoms with van der Waals surface area (Å²) >= 11 is 0. The largest absolute Gasteiger partial charge is 0.416 e. The molecule has 0 N–H and O–H groups in total. The average Bonchev–Trinajstić information content (AvgIpc) is 3.30. The van der Waals surface area contributed by atoms with Crippen LogP contribution in [0.3, 0.4) is 0 Å². The van der Waals surface area contributed by atoms with E-state index in [0.29, 0.717) is 0 Å². The fraction of sp³-hybridized carbons (Fsp3) is 0.188. The number of halogens is 24. The van der Waals surface area contributed by atoms with Gasteiger partial charge in [-0.2, -0.15) is 132 Å². The van der Waals surface area contributed by atoms with Gasteiger partial charge in [0, 0.05) is 29.8 Å². The molecule has 0 saturated carbocycles. The highest BCUT2D eigenvalue weighted by Gasteiger charge is 2.47. The third kappa shape index (κ3) is 13.2. The molecule has 0 aliphatic carbocycles. The molecule has 0 atom stereocenters. The van der Waals surface area contributed by atoms with Crippen molar-refractivity contribution in [3.63, 3.8) is 0 Å². The van der Waals surface area contributed by atoms with Crippen LogP contribution in [0.1, 0.15) is 50.1 Å². The SMILES string of the molecule is FC(F)(F)c1cc([B-](c2cc(C(F)(F)F)cc(C(F)(F)F)c2)(c2cc(C(F)(F)F)cc(C(F)(F)F)c2)c2cc(C(F)(F)F)cc(C(F)(F)F)c2)cc(C(F)(F)F)c1.O=[N+]([O-])c1ccc2c(ccc[n+]2Cc2ccccc2)c1. The third-order valence-corrected chi connectivity index (χ3v) is 11.7. The Kier molecular flexibility index (Phi) is 15.4. The fourth-order valence-corrected chi connectivity index (χ4v) is 8.37. The van der Waals surface area contributed by atoms with Crippen LogP contribution in [0.4, 0.5) is 111 Å². The summed E-state index contributed by atoms with van der Waals surface area (Å²) in [5.41, 5.74) is -27.9. The number of alkyl halides is 24. The lowest BCUT2D eigenvalue weighted by Gasteiger charge is -2.46. The van der Waals surface area contributed by atoms with Crippen molar-refractivity contribution in [1.82, 2.24) is 0 Å². The van der Waals surface area contributed by atoms with Crippen molar-refractivity contribution in [1.29, 1.82) is 0 Å². The van der Waals surface area contributed by atoms with Crippen LogP contribution in [0.2, 0.25) is 0 Å². The molecule has 0 amide bonds. The Morgan fingerprint density at radius 1 is 0.364 bits per heavy atom. The molecule has 0 fully saturated rings. The van der Waals surface area contributed by atoms with E-state index in [-0.39, 0.29) is 10.6 Å². The Morgan fingerprint density at radius 2 is 0.649 bits per heavy atom. The smallest absolute Gasteiger partial charge is 0.258 e. The number of benzene rings is 6. The van der Waals surface area contributed by atoms with Crippen molar-refractivity contribution in [2.45, 2.75) is 56.0 Å². The van der Waals surface area contributed by atoms with Crippen molar-refractivity contribution in [2.24, 2.45) is 0 Å². The normalized spacial score (nSPS) is 13.4. The summed E-state index contributed by atoms with van der Waals surface area (Å²) < 4.78 is 343. The minimum Gasteiger partial charge on any atom is -0.258 e. The molecule has 0 bridgehead atoms. The number of nitro benzene ring substituents is 1. The number of fused-ring (bicyclic) bond motifs is 1. The van der Waals surface area contributed by atoms with Gasteiger partial charge < -0.3 is 0 Å². The number of hydrogen-bond acceptors (Lipinski definition) is 2. The second-order valence-electron chi connectivity index (χ2n) is 16.8. The molecule has 0 radical (unpaired) electrons. The molecule has 4 nitrogen and oxygen atoms in total. The standard InChI is InChI=1S/C32H12BF24.C16H13N2O2/c34-25(35,36)13-1-14(26(37,38)39)6-21(5-13)33(22-7-15(27(40,41)42)2-16(8-22)28(43,44)45,23-9-17(29(46,47)48)3-18(10-23)30(49,50)51)24-11-19(31(52,53)54)4-20(12-24)32(55,56)57;19-18(20)15-8-9-16-14(11-15)7-4-10-17(16)12-13-5-2-1-3-6-13/h1-12H;1-11H,12H2/q-1;+1. The monoisotopic (exact) mass is 1130 g/mol. The van der Waals surface area contributed by atoms with Crippen molar-refractivity contribution >= 4 is 44.6 Å². The highest BCUT2D eigenvalue weighted by atomic mass is 19.4. The zero-order chi connectivity index (χ0) is 57.9. The Hall–Kier alpha value is -7.49. The quantitative estimate of drug-likeness (QED) is 0.0525. The van der Waals surface area contributed by atoms with E-state index in [1.54, 1.807) is 18.2 Å². The first-order valence-electron chi connectivity index (χ1n) is 21.0. The second-order valence-corrected chi connectivity index (χ2v) is 16.8. The molecule has 0 aliphatic rings. The number of non-ortho nitro benzene ring substituents is 1. The summed E-state index contributed by atoms with van der Waals surface area (Å²) in [6.07, 6.45) is -52.8. The van der Waals surface area contributed by atoms with Gasteiger partial charge in [-0.3, -0.25) is 10.1 Å². The molecule has 77 heavy (non-hydrogen) atoms. The van der Waals surface area contributed by atoms with E-state index >= 15 is 0 Å². The summed E-state index contributed by atoms with van der Waals surface area (Å²) in [5, 5.41) is 11.7. The molecular weight excluding hydrogens is 1100 g/mol. The first-order chi connectivity index (χ1) is 35.0. The van der Waals surface area contributed by atoms with Crippen LogP contribution >= 0.6 is 0 Å². The molecule has 0 unspecified atom stereocenters. The summed E-state index contributed by atoms with van der Waals surface area (Å²) in [5.74, 6) is 0. The van der Waals surface area contributed by atoms with Gasteiger partial charge in [0.1, 0.15) is 6.15 Å². The van der Waals surface area contributed by atoms with Crippen LogP contribution in [-0.4, -0.2) is 11.1 Å². The average molecular weight is 1130 g/mol. The summed E-state index contributed by atoms with van der Waals surface area (Å²) in [7, 11) is 0. The zero-order valence-electron chi connectivity index (χ0n) is 37.3. The maximum atomic E-state index is 14.2. The molecule has 7 rings (SSSR count). The molecule has 29 heteroatoms. The van der Waals surface area contributed by atoms with E-state index in [4.69, 9.17) is 0 Å². The van der Waals surface area contributed by atoms with Crippen molar-refractivity contribution in [3.8, 4) is 0 Å². The Balaban J connectivity index is 0.000000397. The van der Waals surface area contributed by atoms with Gasteiger partial charge in [0.15, 0.2) is 12.7 Å². The minimum absolute atomic E-state index is 0.120. The fourth-order valence-electron chi connectivity index (χ4n) is 8.37. The number of rotatable bonds is 7. The maximum Gasteiger partial charge on any atom is 0.416 e. The van der Waals surface area contributed by atoms with Crippen LogP contribution in [-0.2, 0) is 56.0 Å². The molecular formula is C48H25BF24N2O2. The number of pyridine rings is 1. The molecule has 1 aromatic heterocycles. The van der Waals surface area contributed by atoms with E-state index in [1.807, 2.05) is 36.5 Å². The molecule has 0 spiro atoms. The topological polar surface area (TPSA) is 47.0 Å². The summed E-state index contributed by atoms with van der Waals surface area (Å²) in [4.78, 5) is 10.5. The minimum atomic E-state index is -6.13. The molecule has 7 aromatic rings. The van der Waals surface area contributed by atoms with Gasteiger partial charge in [-0.25, -0.2) is 0 Å². The highest BCUT2D eigenvalue weighted by Crippen LogP contribution is 2.41. The Bertz CT molecular complexity index is 2880. The van der Waals surface area contributed by atoms with Gasteiger partial charge in [-0.05, 0) is 30.3 Å².